The summed E-state index contributed by atoms with van der Waals surface area (Å²) in [6, 6.07) is 0. The van der Waals surface area contributed by atoms with Gasteiger partial charge in [-0.1, -0.05) is 25.3 Å². The van der Waals surface area contributed by atoms with Crippen LogP contribution in [-0.4, -0.2) is 29.2 Å². The summed E-state index contributed by atoms with van der Waals surface area (Å²) >= 11 is 1.51. The van der Waals surface area contributed by atoms with Crippen LogP contribution in [0.15, 0.2) is 0 Å². The summed E-state index contributed by atoms with van der Waals surface area (Å²) in [5, 5.41) is 10.9. The van der Waals surface area contributed by atoms with E-state index in [1.54, 1.807) is 0 Å². The lowest BCUT2D eigenvalue weighted by Crippen LogP contribution is -2.21. The number of rotatable bonds is 8. The first-order valence-corrected chi connectivity index (χ1v) is 6.75. The minimum atomic E-state index is 0.470. The van der Waals surface area contributed by atoms with Crippen molar-refractivity contribution in [3.63, 3.8) is 0 Å². The van der Waals surface area contributed by atoms with Crippen LogP contribution in [0, 0.1) is 0 Å². The number of hydrogen-bond acceptors (Lipinski definition) is 5. The second-order valence-electron chi connectivity index (χ2n) is 4.12. The van der Waals surface area contributed by atoms with Gasteiger partial charge in [0, 0.05) is 6.54 Å². The van der Waals surface area contributed by atoms with Crippen molar-refractivity contribution < 1.29 is 0 Å². The molecule has 92 valence electrons. The first-order chi connectivity index (χ1) is 7.75. The van der Waals surface area contributed by atoms with Gasteiger partial charge >= 0.3 is 0 Å². The molecule has 0 aromatic carbocycles. The Kier molecular flexibility index (Phi) is 6.52. The Labute approximate surface area is 102 Å². The third-order valence-electron chi connectivity index (χ3n) is 2.37. The third kappa shape index (κ3) is 4.55. The molecule has 1 aromatic rings. The van der Waals surface area contributed by atoms with Crippen molar-refractivity contribution in [3.05, 3.63) is 10.6 Å². The lowest BCUT2D eigenvalue weighted by Gasteiger charge is -2.06. The maximum absolute atomic E-state index is 4.16. The molecule has 4 nitrogen and oxygen atoms in total. The molecule has 1 aromatic heterocycles. The van der Waals surface area contributed by atoms with E-state index >= 15 is 0 Å². The predicted octanol–water partition coefficient (Wildman–Crippen LogP) is 1.75. The van der Waals surface area contributed by atoms with Gasteiger partial charge in [-0.25, -0.2) is 0 Å². The smallest absolute Gasteiger partial charge is 0.0826 e. The van der Waals surface area contributed by atoms with E-state index in [9.17, 15) is 0 Å². The van der Waals surface area contributed by atoms with Crippen molar-refractivity contribution in [1.82, 2.24) is 20.2 Å². The zero-order chi connectivity index (χ0) is 11.8. The van der Waals surface area contributed by atoms with E-state index in [4.69, 9.17) is 0 Å². The molecule has 0 aliphatic rings. The SMILES string of the molecule is CCNCCCNCc1snnc1C(C)C. The van der Waals surface area contributed by atoms with Crippen LogP contribution in [-0.2, 0) is 6.54 Å². The molecule has 16 heavy (non-hydrogen) atoms. The number of nitrogens with zero attached hydrogens (tertiary/aromatic N) is 2. The van der Waals surface area contributed by atoms with Crippen LogP contribution in [0.3, 0.4) is 0 Å². The fraction of sp³-hybridized carbons (Fsp3) is 0.818. The number of nitrogens with one attached hydrogen (secondary N) is 2. The summed E-state index contributed by atoms with van der Waals surface area (Å²) in [4.78, 5) is 1.28. The van der Waals surface area contributed by atoms with Gasteiger partial charge in [-0.05, 0) is 43.5 Å². The molecule has 0 bridgehead atoms. The van der Waals surface area contributed by atoms with Gasteiger partial charge in [0.2, 0.25) is 0 Å². The molecule has 0 aliphatic carbocycles. The first kappa shape index (κ1) is 13.5. The molecule has 0 spiro atoms. The zero-order valence-electron chi connectivity index (χ0n) is 10.4. The van der Waals surface area contributed by atoms with Crippen molar-refractivity contribution >= 4 is 11.5 Å². The summed E-state index contributed by atoms with van der Waals surface area (Å²) in [7, 11) is 0. The van der Waals surface area contributed by atoms with Crippen LogP contribution in [0.2, 0.25) is 0 Å². The van der Waals surface area contributed by atoms with E-state index < -0.39 is 0 Å². The van der Waals surface area contributed by atoms with Gasteiger partial charge in [0.15, 0.2) is 0 Å². The van der Waals surface area contributed by atoms with E-state index in [0.29, 0.717) is 5.92 Å². The standard InChI is InChI=1S/C11H22N4S/c1-4-12-6-5-7-13-8-10-11(9(2)3)14-15-16-10/h9,12-13H,4-8H2,1-3H3. The number of hydrogen-bond donors (Lipinski definition) is 2. The van der Waals surface area contributed by atoms with E-state index in [1.807, 2.05) is 0 Å². The third-order valence-corrected chi connectivity index (χ3v) is 3.11. The fourth-order valence-electron chi connectivity index (χ4n) is 1.49. The van der Waals surface area contributed by atoms with Crippen molar-refractivity contribution in [2.75, 3.05) is 19.6 Å². The predicted molar refractivity (Wildman–Crippen MR) is 68.9 cm³/mol. The van der Waals surface area contributed by atoms with Gasteiger partial charge in [-0.2, -0.15) is 0 Å². The maximum atomic E-state index is 4.16. The highest BCUT2D eigenvalue weighted by Crippen LogP contribution is 2.19. The van der Waals surface area contributed by atoms with Gasteiger partial charge in [-0.15, -0.1) is 5.10 Å². The molecule has 0 radical (unpaired) electrons. The Bertz CT molecular complexity index is 285. The molecular formula is C11H22N4S. The molecule has 0 unspecified atom stereocenters. The Morgan fingerprint density at radius 2 is 2.00 bits per heavy atom. The van der Waals surface area contributed by atoms with Crippen molar-refractivity contribution in [1.29, 1.82) is 0 Å². The molecule has 2 N–H and O–H groups in total. The summed E-state index contributed by atoms with van der Waals surface area (Å²) in [5.74, 6) is 0.470. The Morgan fingerprint density at radius 3 is 2.69 bits per heavy atom. The van der Waals surface area contributed by atoms with E-state index in [-0.39, 0.29) is 0 Å². The largest absolute Gasteiger partial charge is 0.317 e. The van der Waals surface area contributed by atoms with Crippen LogP contribution < -0.4 is 10.6 Å². The molecule has 0 atom stereocenters. The van der Waals surface area contributed by atoms with Crippen molar-refractivity contribution in [3.8, 4) is 0 Å². The quantitative estimate of drug-likeness (QED) is 0.682. The molecule has 1 heterocycles. The second kappa shape index (κ2) is 7.70. The fourth-order valence-corrected chi connectivity index (χ4v) is 2.26. The summed E-state index contributed by atoms with van der Waals surface area (Å²) in [6.45, 7) is 10.5. The normalized spacial score (nSPS) is 11.2. The monoisotopic (exact) mass is 242 g/mol. The van der Waals surface area contributed by atoms with Gasteiger partial charge in [0.05, 0.1) is 10.6 Å². The van der Waals surface area contributed by atoms with Crippen LogP contribution >= 0.6 is 11.5 Å². The zero-order valence-corrected chi connectivity index (χ0v) is 11.2. The highest BCUT2D eigenvalue weighted by atomic mass is 32.1. The van der Waals surface area contributed by atoms with Gasteiger partial charge in [0.1, 0.15) is 0 Å². The van der Waals surface area contributed by atoms with Gasteiger partial charge < -0.3 is 10.6 Å². The van der Waals surface area contributed by atoms with Crippen molar-refractivity contribution in [2.45, 2.75) is 39.7 Å². The molecular weight excluding hydrogens is 220 g/mol. The van der Waals surface area contributed by atoms with E-state index in [1.165, 1.54) is 16.4 Å². The molecule has 5 heteroatoms. The van der Waals surface area contributed by atoms with E-state index in [2.05, 4.69) is 41.0 Å². The average molecular weight is 242 g/mol. The van der Waals surface area contributed by atoms with Gasteiger partial charge in [-0.3, -0.25) is 0 Å². The molecule has 0 saturated carbocycles. The number of aromatic nitrogens is 2. The minimum Gasteiger partial charge on any atom is -0.317 e. The van der Waals surface area contributed by atoms with Crippen molar-refractivity contribution in [2.24, 2.45) is 0 Å². The average Bonchev–Trinajstić information content (AvgIpc) is 2.71. The molecule has 0 aliphatic heterocycles. The maximum Gasteiger partial charge on any atom is 0.0826 e. The lowest BCUT2D eigenvalue weighted by molar-refractivity contribution is 0.605. The molecule has 0 saturated heterocycles. The van der Waals surface area contributed by atoms with Crippen LogP contribution in [0.25, 0.3) is 0 Å². The van der Waals surface area contributed by atoms with E-state index in [0.717, 1.165) is 38.3 Å². The highest BCUT2D eigenvalue weighted by molar-refractivity contribution is 7.05. The Morgan fingerprint density at radius 1 is 1.25 bits per heavy atom. The van der Waals surface area contributed by atoms with Crippen LogP contribution in [0.5, 0.6) is 0 Å². The summed E-state index contributed by atoms with van der Waals surface area (Å²) < 4.78 is 4.01. The van der Waals surface area contributed by atoms with Crippen LogP contribution in [0.1, 0.15) is 43.7 Å². The molecule has 1 rings (SSSR count). The topological polar surface area (TPSA) is 49.8 Å². The first-order valence-electron chi connectivity index (χ1n) is 5.98. The highest BCUT2D eigenvalue weighted by Gasteiger charge is 2.10. The van der Waals surface area contributed by atoms with Gasteiger partial charge in [0.25, 0.3) is 0 Å². The summed E-state index contributed by atoms with van der Waals surface area (Å²) in [5.41, 5.74) is 1.14. The second-order valence-corrected chi connectivity index (χ2v) is 4.96. The molecule has 0 fully saturated rings. The minimum absolute atomic E-state index is 0.470. The Hall–Kier alpha value is -0.520. The summed E-state index contributed by atoms with van der Waals surface area (Å²) in [6.07, 6.45) is 1.16. The van der Waals surface area contributed by atoms with Crippen LogP contribution in [0.4, 0.5) is 0 Å². The lowest BCUT2D eigenvalue weighted by atomic mass is 10.1. The Balaban J connectivity index is 2.19. The molecule has 0 amide bonds.